The number of anilines is 1. The first kappa shape index (κ1) is 13.1. The Bertz CT molecular complexity index is 428. The van der Waals surface area contributed by atoms with Crippen molar-refractivity contribution >= 4 is 17.6 Å². The van der Waals surface area contributed by atoms with Gasteiger partial charge in [0.15, 0.2) is 6.10 Å². The number of carbonyl (C=O) groups is 2. The fraction of sp³-hybridized carbons (Fsp3) is 0.273. The highest BCUT2D eigenvalue weighted by Crippen LogP contribution is 2.18. The van der Waals surface area contributed by atoms with E-state index in [9.17, 15) is 18.4 Å². The fourth-order valence-corrected chi connectivity index (χ4v) is 1.14. The summed E-state index contributed by atoms with van der Waals surface area (Å²) in [6, 6.07) is 3.19. The van der Waals surface area contributed by atoms with Crippen molar-refractivity contribution in [2.75, 3.05) is 5.32 Å². The number of rotatable bonds is 3. The normalized spacial score (nSPS) is 11.8. The van der Waals surface area contributed by atoms with Crippen LogP contribution in [-0.4, -0.2) is 18.0 Å². The van der Waals surface area contributed by atoms with Gasteiger partial charge in [-0.1, -0.05) is 6.07 Å². The maximum Gasteiger partial charge on any atom is 0.303 e. The zero-order valence-electron chi connectivity index (χ0n) is 9.29. The zero-order valence-corrected chi connectivity index (χ0v) is 9.29. The van der Waals surface area contributed by atoms with Gasteiger partial charge in [-0.15, -0.1) is 0 Å². The molecule has 0 spiro atoms. The second kappa shape index (κ2) is 5.38. The number of benzene rings is 1. The van der Waals surface area contributed by atoms with Crippen molar-refractivity contribution < 1.29 is 23.1 Å². The predicted octanol–water partition coefficient (Wildman–Crippen LogP) is 1.85. The van der Waals surface area contributed by atoms with Crippen molar-refractivity contribution in [3.8, 4) is 0 Å². The van der Waals surface area contributed by atoms with E-state index in [1.807, 2.05) is 5.32 Å². The lowest BCUT2D eigenvalue weighted by molar-refractivity contribution is -0.150. The Balaban J connectivity index is 2.78. The van der Waals surface area contributed by atoms with Crippen LogP contribution >= 0.6 is 0 Å². The molecule has 0 heterocycles. The van der Waals surface area contributed by atoms with Crippen molar-refractivity contribution in [1.29, 1.82) is 0 Å². The summed E-state index contributed by atoms with van der Waals surface area (Å²) >= 11 is 0. The van der Waals surface area contributed by atoms with Gasteiger partial charge in [-0.25, -0.2) is 8.78 Å². The molecule has 0 aliphatic heterocycles. The first-order valence-corrected chi connectivity index (χ1v) is 4.84. The van der Waals surface area contributed by atoms with E-state index in [0.29, 0.717) is 0 Å². The Kier molecular flexibility index (Phi) is 4.14. The number of nitrogens with one attached hydrogen (secondary N) is 1. The highest BCUT2D eigenvalue weighted by atomic mass is 19.1. The lowest BCUT2D eigenvalue weighted by atomic mass is 10.2. The quantitative estimate of drug-likeness (QED) is 0.824. The molecule has 1 N–H and O–H groups in total. The molecule has 0 unspecified atom stereocenters. The molecule has 92 valence electrons. The Labute approximate surface area is 96.6 Å². The van der Waals surface area contributed by atoms with Crippen molar-refractivity contribution in [2.45, 2.75) is 20.0 Å². The number of hydrogen-bond donors (Lipinski definition) is 1. The Morgan fingerprint density at radius 2 is 1.82 bits per heavy atom. The average Bonchev–Trinajstić information content (AvgIpc) is 2.22. The number of esters is 1. The SMILES string of the molecule is CC(=O)O[C@H](C)C(=O)Nc1c(F)cccc1F. The van der Waals surface area contributed by atoms with Crippen LogP contribution < -0.4 is 5.32 Å². The van der Waals surface area contributed by atoms with Gasteiger partial charge in [-0.3, -0.25) is 9.59 Å². The Morgan fingerprint density at radius 1 is 1.29 bits per heavy atom. The van der Waals surface area contributed by atoms with Crippen LogP contribution in [0.25, 0.3) is 0 Å². The highest BCUT2D eigenvalue weighted by Gasteiger charge is 2.19. The summed E-state index contributed by atoms with van der Waals surface area (Å²) in [6.07, 6.45) is -1.12. The maximum absolute atomic E-state index is 13.2. The van der Waals surface area contributed by atoms with Crippen molar-refractivity contribution in [2.24, 2.45) is 0 Å². The number of ether oxygens (including phenoxy) is 1. The summed E-state index contributed by atoms with van der Waals surface area (Å²) in [5.74, 6) is -3.24. The van der Waals surface area contributed by atoms with Crippen molar-refractivity contribution in [3.63, 3.8) is 0 Å². The lowest BCUT2D eigenvalue weighted by Crippen LogP contribution is -2.29. The second-order valence-electron chi connectivity index (χ2n) is 3.34. The van der Waals surface area contributed by atoms with Crippen LogP contribution in [0, 0.1) is 11.6 Å². The summed E-state index contributed by atoms with van der Waals surface area (Å²) in [4.78, 5) is 22.0. The van der Waals surface area contributed by atoms with E-state index in [-0.39, 0.29) is 0 Å². The molecule has 0 fully saturated rings. The number of hydrogen-bond acceptors (Lipinski definition) is 3. The minimum absolute atomic E-state index is 0.559. The molecule has 0 radical (unpaired) electrons. The molecule has 0 bridgehead atoms. The molecule has 17 heavy (non-hydrogen) atoms. The van der Waals surface area contributed by atoms with Gasteiger partial charge in [-0.2, -0.15) is 0 Å². The molecular weight excluding hydrogens is 232 g/mol. The fourth-order valence-electron chi connectivity index (χ4n) is 1.14. The lowest BCUT2D eigenvalue weighted by Gasteiger charge is -2.12. The van der Waals surface area contributed by atoms with Gasteiger partial charge in [0.2, 0.25) is 0 Å². The molecular formula is C11H11F2NO3. The minimum Gasteiger partial charge on any atom is -0.453 e. The van der Waals surface area contributed by atoms with Gasteiger partial charge in [-0.05, 0) is 19.1 Å². The van der Waals surface area contributed by atoms with Gasteiger partial charge in [0.05, 0.1) is 0 Å². The molecule has 1 aromatic carbocycles. The Hall–Kier alpha value is -1.98. The molecule has 1 atom stereocenters. The minimum atomic E-state index is -1.12. The molecule has 0 aromatic heterocycles. The summed E-state index contributed by atoms with van der Waals surface area (Å²) in [5, 5.41) is 2.02. The summed E-state index contributed by atoms with van der Waals surface area (Å²) in [5.41, 5.74) is -0.559. The smallest absolute Gasteiger partial charge is 0.303 e. The third-order valence-electron chi connectivity index (χ3n) is 1.92. The van der Waals surface area contributed by atoms with Crippen LogP contribution in [0.3, 0.4) is 0 Å². The molecule has 1 aromatic rings. The Morgan fingerprint density at radius 3 is 2.29 bits per heavy atom. The third-order valence-corrected chi connectivity index (χ3v) is 1.92. The van der Waals surface area contributed by atoms with E-state index in [1.54, 1.807) is 0 Å². The molecule has 0 aliphatic rings. The molecule has 4 nitrogen and oxygen atoms in total. The first-order valence-electron chi connectivity index (χ1n) is 4.84. The highest BCUT2D eigenvalue weighted by molar-refractivity contribution is 5.95. The molecule has 1 rings (SSSR count). The van der Waals surface area contributed by atoms with Crippen LogP contribution in [0.1, 0.15) is 13.8 Å². The van der Waals surface area contributed by atoms with E-state index >= 15 is 0 Å². The maximum atomic E-state index is 13.2. The molecule has 1 amide bonds. The summed E-state index contributed by atoms with van der Waals surface area (Å²) < 4.78 is 30.9. The van der Waals surface area contributed by atoms with Crippen molar-refractivity contribution in [1.82, 2.24) is 0 Å². The van der Waals surface area contributed by atoms with Gasteiger partial charge >= 0.3 is 5.97 Å². The monoisotopic (exact) mass is 243 g/mol. The molecule has 0 saturated carbocycles. The summed E-state index contributed by atoms with van der Waals surface area (Å²) in [6.45, 7) is 2.43. The number of amides is 1. The number of para-hydroxylation sites is 1. The van der Waals surface area contributed by atoms with Crippen LogP contribution in [0.2, 0.25) is 0 Å². The van der Waals surface area contributed by atoms with Gasteiger partial charge in [0, 0.05) is 6.92 Å². The molecule has 0 saturated heterocycles. The van der Waals surface area contributed by atoms with Gasteiger partial charge in [0.25, 0.3) is 5.91 Å². The van der Waals surface area contributed by atoms with E-state index in [1.165, 1.54) is 13.0 Å². The van der Waals surface area contributed by atoms with E-state index in [4.69, 9.17) is 0 Å². The number of carbonyl (C=O) groups excluding carboxylic acids is 2. The van der Waals surface area contributed by atoms with Gasteiger partial charge in [0.1, 0.15) is 17.3 Å². The van der Waals surface area contributed by atoms with Gasteiger partial charge < -0.3 is 10.1 Å². The standard InChI is InChI=1S/C11H11F2NO3/c1-6(17-7(2)15)11(16)14-10-8(12)4-3-5-9(10)13/h3-6H,1-2H3,(H,14,16)/t6-/m1/s1. The third kappa shape index (κ3) is 3.51. The van der Waals surface area contributed by atoms with E-state index in [2.05, 4.69) is 4.74 Å². The van der Waals surface area contributed by atoms with E-state index in [0.717, 1.165) is 19.1 Å². The van der Waals surface area contributed by atoms with Crippen LogP contribution in [0.15, 0.2) is 18.2 Å². The average molecular weight is 243 g/mol. The first-order chi connectivity index (χ1) is 7.91. The van der Waals surface area contributed by atoms with Crippen LogP contribution in [0.5, 0.6) is 0 Å². The van der Waals surface area contributed by atoms with Crippen LogP contribution in [-0.2, 0) is 14.3 Å². The molecule has 6 heteroatoms. The molecule has 0 aliphatic carbocycles. The largest absolute Gasteiger partial charge is 0.453 e. The summed E-state index contributed by atoms with van der Waals surface area (Å²) in [7, 11) is 0. The van der Waals surface area contributed by atoms with E-state index < -0.39 is 35.3 Å². The predicted molar refractivity (Wildman–Crippen MR) is 56.2 cm³/mol. The second-order valence-corrected chi connectivity index (χ2v) is 3.34. The van der Waals surface area contributed by atoms with Crippen molar-refractivity contribution in [3.05, 3.63) is 29.8 Å². The van der Waals surface area contributed by atoms with Crippen LogP contribution in [0.4, 0.5) is 14.5 Å². The zero-order chi connectivity index (χ0) is 13.0. The number of halogens is 2. The topological polar surface area (TPSA) is 55.4 Å².